The Bertz CT molecular complexity index is 340. The number of likely N-dealkylation sites (tertiary alicyclic amines) is 1. The summed E-state index contributed by atoms with van der Waals surface area (Å²) in [5.74, 6) is 0.992. The van der Waals surface area contributed by atoms with Crippen molar-refractivity contribution in [3.05, 3.63) is 0 Å². The molecular formula is C13H24N4O2. The average Bonchev–Trinajstić information content (AvgIpc) is 2.91. The van der Waals surface area contributed by atoms with E-state index in [0.717, 1.165) is 39.0 Å². The molecule has 1 amide bonds. The molecule has 2 aliphatic rings. The van der Waals surface area contributed by atoms with E-state index in [1.165, 1.54) is 0 Å². The number of rotatable bonds is 4. The molecule has 0 spiro atoms. The van der Waals surface area contributed by atoms with Crippen LogP contribution in [-0.2, 0) is 9.53 Å². The van der Waals surface area contributed by atoms with E-state index < -0.39 is 0 Å². The van der Waals surface area contributed by atoms with Crippen molar-refractivity contribution in [2.75, 3.05) is 33.3 Å². The molecule has 0 bridgehead atoms. The highest BCUT2D eigenvalue weighted by Gasteiger charge is 2.22. The van der Waals surface area contributed by atoms with Crippen molar-refractivity contribution in [2.45, 2.75) is 31.8 Å². The predicted octanol–water partition coefficient (Wildman–Crippen LogP) is -0.0619. The Balaban J connectivity index is 1.67. The van der Waals surface area contributed by atoms with Crippen LogP contribution in [0.3, 0.4) is 0 Å². The van der Waals surface area contributed by atoms with Crippen LogP contribution in [-0.4, -0.2) is 56.2 Å². The van der Waals surface area contributed by atoms with E-state index in [0.29, 0.717) is 24.8 Å². The summed E-state index contributed by atoms with van der Waals surface area (Å²) in [6, 6.07) is 0. The number of carbonyl (C=O) groups is 1. The highest BCUT2D eigenvalue weighted by atomic mass is 16.5. The smallest absolute Gasteiger partial charge is 0.222 e. The Hall–Kier alpha value is -1.30. The van der Waals surface area contributed by atoms with Gasteiger partial charge in [0.05, 0.1) is 6.10 Å². The van der Waals surface area contributed by atoms with Crippen LogP contribution in [0.4, 0.5) is 0 Å². The molecule has 2 rings (SSSR count). The first-order valence-corrected chi connectivity index (χ1v) is 7.04. The third kappa shape index (κ3) is 4.38. The standard InChI is InChI=1S/C13H24N4O2/c1-17-5-4-10(7-12(17)18)8-15-13(14)16-9-11-3-2-6-19-11/h10-11H,2-9H2,1H3,(H3,14,15,16). The van der Waals surface area contributed by atoms with Gasteiger partial charge in [0, 0.05) is 39.7 Å². The van der Waals surface area contributed by atoms with E-state index in [9.17, 15) is 4.79 Å². The maximum Gasteiger partial charge on any atom is 0.222 e. The lowest BCUT2D eigenvalue weighted by molar-refractivity contribution is -0.133. The second kappa shape index (κ2) is 6.75. The summed E-state index contributed by atoms with van der Waals surface area (Å²) in [6.07, 6.45) is 4.06. The lowest BCUT2D eigenvalue weighted by atomic mass is 9.97. The van der Waals surface area contributed by atoms with E-state index in [2.05, 4.69) is 10.3 Å². The first kappa shape index (κ1) is 14.1. The van der Waals surface area contributed by atoms with E-state index in [1.54, 1.807) is 4.90 Å². The first-order chi connectivity index (χ1) is 9.15. The maximum atomic E-state index is 11.6. The molecular weight excluding hydrogens is 244 g/mol. The zero-order chi connectivity index (χ0) is 13.7. The summed E-state index contributed by atoms with van der Waals surface area (Å²) in [5.41, 5.74) is 5.82. The molecule has 0 aromatic rings. The number of nitrogens with two attached hydrogens (primary N) is 1. The number of nitrogens with zero attached hydrogens (tertiary/aromatic N) is 2. The fourth-order valence-corrected chi connectivity index (χ4v) is 2.47. The molecule has 0 aromatic heterocycles. The van der Waals surface area contributed by atoms with Crippen LogP contribution in [0.25, 0.3) is 0 Å². The van der Waals surface area contributed by atoms with Crippen molar-refractivity contribution < 1.29 is 9.53 Å². The molecule has 2 aliphatic heterocycles. The number of aliphatic imine (C=N–C) groups is 1. The molecule has 6 nitrogen and oxygen atoms in total. The number of ether oxygens (including phenoxy) is 1. The van der Waals surface area contributed by atoms with Crippen LogP contribution in [0.15, 0.2) is 4.99 Å². The molecule has 0 aromatic carbocycles. The molecule has 108 valence electrons. The maximum absolute atomic E-state index is 11.6. The van der Waals surface area contributed by atoms with Gasteiger partial charge in [-0.2, -0.15) is 0 Å². The molecule has 0 radical (unpaired) electrons. The van der Waals surface area contributed by atoms with Crippen LogP contribution in [0.5, 0.6) is 0 Å². The Labute approximate surface area is 114 Å². The first-order valence-electron chi connectivity index (χ1n) is 7.04. The summed E-state index contributed by atoms with van der Waals surface area (Å²) in [6.45, 7) is 3.02. The lowest BCUT2D eigenvalue weighted by Gasteiger charge is -2.27. The van der Waals surface area contributed by atoms with Crippen molar-refractivity contribution in [1.29, 1.82) is 0 Å². The molecule has 2 unspecified atom stereocenters. The summed E-state index contributed by atoms with van der Waals surface area (Å²) >= 11 is 0. The Morgan fingerprint density at radius 2 is 2.42 bits per heavy atom. The van der Waals surface area contributed by atoms with Gasteiger partial charge in [0.15, 0.2) is 5.96 Å². The molecule has 19 heavy (non-hydrogen) atoms. The second-order valence-corrected chi connectivity index (χ2v) is 5.42. The van der Waals surface area contributed by atoms with Gasteiger partial charge in [0.2, 0.25) is 5.91 Å². The monoisotopic (exact) mass is 268 g/mol. The summed E-state index contributed by atoms with van der Waals surface area (Å²) in [4.78, 5) is 17.7. The zero-order valence-corrected chi connectivity index (χ0v) is 11.6. The Morgan fingerprint density at radius 3 is 3.11 bits per heavy atom. The van der Waals surface area contributed by atoms with E-state index >= 15 is 0 Å². The largest absolute Gasteiger partial charge is 0.376 e. The molecule has 2 fully saturated rings. The summed E-state index contributed by atoms with van der Waals surface area (Å²) in [5, 5.41) is 3.09. The van der Waals surface area contributed by atoms with Crippen LogP contribution in [0, 0.1) is 5.92 Å². The fourth-order valence-electron chi connectivity index (χ4n) is 2.47. The summed E-state index contributed by atoms with van der Waals surface area (Å²) in [7, 11) is 1.85. The highest BCUT2D eigenvalue weighted by molar-refractivity contribution is 5.78. The number of amides is 1. The summed E-state index contributed by atoms with van der Waals surface area (Å²) < 4.78 is 5.50. The minimum absolute atomic E-state index is 0.206. The van der Waals surface area contributed by atoms with Crippen LogP contribution < -0.4 is 11.1 Å². The van der Waals surface area contributed by atoms with Gasteiger partial charge in [-0.05, 0) is 25.2 Å². The molecule has 0 saturated carbocycles. The van der Waals surface area contributed by atoms with Crippen molar-refractivity contribution in [3.8, 4) is 0 Å². The SMILES string of the molecule is CN1CCC(CN=C(N)NCC2CCCO2)CC1=O. The third-order valence-electron chi connectivity index (χ3n) is 3.82. The number of guanidine groups is 1. The van der Waals surface area contributed by atoms with Crippen molar-refractivity contribution in [2.24, 2.45) is 16.6 Å². The van der Waals surface area contributed by atoms with Gasteiger partial charge in [-0.15, -0.1) is 0 Å². The molecule has 6 heteroatoms. The molecule has 2 heterocycles. The highest BCUT2D eigenvalue weighted by Crippen LogP contribution is 2.17. The van der Waals surface area contributed by atoms with E-state index in [4.69, 9.17) is 10.5 Å². The van der Waals surface area contributed by atoms with Gasteiger partial charge in [-0.25, -0.2) is 0 Å². The van der Waals surface area contributed by atoms with E-state index in [1.807, 2.05) is 7.05 Å². The second-order valence-electron chi connectivity index (χ2n) is 5.42. The number of hydrogen-bond acceptors (Lipinski definition) is 3. The van der Waals surface area contributed by atoms with E-state index in [-0.39, 0.29) is 12.0 Å². The van der Waals surface area contributed by atoms with Crippen molar-refractivity contribution >= 4 is 11.9 Å². The molecule has 3 N–H and O–H groups in total. The normalized spacial score (nSPS) is 28.8. The molecule has 0 aliphatic carbocycles. The van der Waals surface area contributed by atoms with Gasteiger partial charge in [0.25, 0.3) is 0 Å². The molecule has 2 saturated heterocycles. The van der Waals surface area contributed by atoms with Crippen molar-refractivity contribution in [1.82, 2.24) is 10.2 Å². The predicted molar refractivity (Wildman–Crippen MR) is 73.8 cm³/mol. The van der Waals surface area contributed by atoms with Crippen LogP contribution in [0.2, 0.25) is 0 Å². The average molecular weight is 268 g/mol. The minimum atomic E-state index is 0.206. The topological polar surface area (TPSA) is 79.9 Å². The van der Waals surface area contributed by atoms with Crippen LogP contribution >= 0.6 is 0 Å². The van der Waals surface area contributed by atoms with Crippen LogP contribution in [0.1, 0.15) is 25.7 Å². The zero-order valence-electron chi connectivity index (χ0n) is 11.6. The number of piperidine rings is 1. The van der Waals surface area contributed by atoms with Gasteiger partial charge in [-0.1, -0.05) is 0 Å². The van der Waals surface area contributed by atoms with Gasteiger partial charge < -0.3 is 20.7 Å². The lowest BCUT2D eigenvalue weighted by Crippen LogP contribution is -2.39. The fraction of sp³-hybridized carbons (Fsp3) is 0.846. The molecule has 2 atom stereocenters. The third-order valence-corrected chi connectivity index (χ3v) is 3.82. The number of hydrogen-bond donors (Lipinski definition) is 2. The van der Waals surface area contributed by atoms with Crippen molar-refractivity contribution in [3.63, 3.8) is 0 Å². The van der Waals surface area contributed by atoms with Gasteiger partial charge >= 0.3 is 0 Å². The van der Waals surface area contributed by atoms with Gasteiger partial charge in [-0.3, -0.25) is 9.79 Å². The Kier molecular flexibility index (Phi) is 5.01. The Morgan fingerprint density at radius 1 is 1.58 bits per heavy atom. The number of carbonyl (C=O) groups excluding carboxylic acids is 1. The quantitative estimate of drug-likeness (QED) is 0.553. The van der Waals surface area contributed by atoms with Gasteiger partial charge in [0.1, 0.15) is 0 Å². The minimum Gasteiger partial charge on any atom is -0.376 e. The number of nitrogens with one attached hydrogen (secondary N) is 1.